The maximum Gasteiger partial charge on any atom is 0.260 e. The van der Waals surface area contributed by atoms with Crippen molar-refractivity contribution in [1.29, 1.82) is 0 Å². The number of anilines is 1. The summed E-state index contributed by atoms with van der Waals surface area (Å²) in [5.74, 6) is -0.00383. The number of benzene rings is 3. The number of thiazole rings is 1. The molecule has 1 heterocycles. The van der Waals surface area contributed by atoms with Gasteiger partial charge in [0.05, 0.1) is 10.2 Å². The van der Waals surface area contributed by atoms with E-state index in [4.69, 9.17) is 4.98 Å². The molecule has 4 aromatic rings. The first-order chi connectivity index (χ1) is 15.4. The monoisotopic (exact) mass is 443 g/mol. The molecule has 0 radical (unpaired) electrons. The smallest absolute Gasteiger partial charge is 0.260 e. The van der Waals surface area contributed by atoms with Crippen LogP contribution in [0, 0.1) is 13.8 Å². The number of rotatable bonds is 7. The molecular weight excluding hydrogens is 414 g/mol. The third-order valence-electron chi connectivity index (χ3n) is 5.69. The summed E-state index contributed by atoms with van der Waals surface area (Å²) < 4.78 is 1.12. The second-order valence-corrected chi connectivity index (χ2v) is 9.47. The van der Waals surface area contributed by atoms with Crippen molar-refractivity contribution in [3.05, 3.63) is 83.4 Å². The maximum absolute atomic E-state index is 13.6. The van der Waals surface area contributed by atoms with Crippen LogP contribution in [-0.2, 0) is 0 Å². The zero-order valence-electron chi connectivity index (χ0n) is 19.1. The molecule has 0 spiro atoms. The van der Waals surface area contributed by atoms with Crippen LogP contribution in [0.4, 0.5) is 5.13 Å². The van der Waals surface area contributed by atoms with Crippen molar-refractivity contribution in [2.75, 3.05) is 32.1 Å². The largest absolute Gasteiger partial charge is 0.309 e. The standard InChI is InChI=1S/C27H29N3OS/c1-19-17-24-25(18-20(19)2)32-27(28-24)30(16-8-15-29(3)4)26(31)23-13-11-22(12-14-23)21-9-6-5-7-10-21/h5-7,9-14,17-18H,8,15-16H2,1-4H3. The topological polar surface area (TPSA) is 36.4 Å². The molecule has 1 amide bonds. The van der Waals surface area contributed by atoms with E-state index in [1.54, 1.807) is 11.3 Å². The molecule has 0 aliphatic carbocycles. The van der Waals surface area contributed by atoms with E-state index < -0.39 is 0 Å². The summed E-state index contributed by atoms with van der Waals surface area (Å²) in [6.07, 6.45) is 0.884. The molecule has 0 saturated carbocycles. The molecule has 5 heteroatoms. The molecular formula is C27H29N3OS. The van der Waals surface area contributed by atoms with Crippen LogP contribution in [0.25, 0.3) is 21.3 Å². The molecule has 164 valence electrons. The van der Waals surface area contributed by atoms with Gasteiger partial charge in [-0.3, -0.25) is 9.69 Å². The summed E-state index contributed by atoms with van der Waals surface area (Å²) in [4.78, 5) is 22.4. The summed E-state index contributed by atoms with van der Waals surface area (Å²) >= 11 is 1.59. The lowest BCUT2D eigenvalue weighted by atomic mass is 10.0. The van der Waals surface area contributed by atoms with Crippen LogP contribution < -0.4 is 4.90 Å². The van der Waals surface area contributed by atoms with Gasteiger partial charge in [-0.1, -0.05) is 53.8 Å². The van der Waals surface area contributed by atoms with Gasteiger partial charge in [-0.2, -0.15) is 0 Å². The van der Waals surface area contributed by atoms with Gasteiger partial charge in [0.2, 0.25) is 0 Å². The van der Waals surface area contributed by atoms with Crippen molar-refractivity contribution in [3.8, 4) is 11.1 Å². The van der Waals surface area contributed by atoms with Crippen molar-refractivity contribution in [2.24, 2.45) is 0 Å². The SMILES string of the molecule is Cc1cc2nc(N(CCCN(C)C)C(=O)c3ccc(-c4ccccc4)cc3)sc2cc1C. The summed E-state index contributed by atoms with van der Waals surface area (Å²) in [5.41, 5.74) is 6.35. The molecule has 32 heavy (non-hydrogen) atoms. The number of aromatic nitrogens is 1. The molecule has 0 aliphatic rings. The highest BCUT2D eigenvalue weighted by Gasteiger charge is 2.21. The molecule has 0 unspecified atom stereocenters. The van der Waals surface area contributed by atoms with Crippen LogP contribution in [0.1, 0.15) is 27.9 Å². The fourth-order valence-corrected chi connectivity index (χ4v) is 4.77. The van der Waals surface area contributed by atoms with E-state index in [-0.39, 0.29) is 5.91 Å². The number of nitrogens with zero attached hydrogens (tertiary/aromatic N) is 3. The lowest BCUT2D eigenvalue weighted by Gasteiger charge is -2.21. The lowest BCUT2D eigenvalue weighted by molar-refractivity contribution is 0.0986. The van der Waals surface area contributed by atoms with Crippen molar-refractivity contribution < 1.29 is 4.79 Å². The Kier molecular flexibility index (Phi) is 6.68. The summed E-state index contributed by atoms with van der Waals surface area (Å²) in [6.45, 7) is 5.76. The van der Waals surface area contributed by atoms with E-state index in [9.17, 15) is 4.79 Å². The van der Waals surface area contributed by atoms with Crippen molar-refractivity contribution in [3.63, 3.8) is 0 Å². The molecule has 0 N–H and O–H groups in total. The minimum absolute atomic E-state index is 0.00383. The van der Waals surface area contributed by atoms with Crippen molar-refractivity contribution in [1.82, 2.24) is 9.88 Å². The molecule has 0 aliphatic heterocycles. The predicted molar refractivity (Wildman–Crippen MR) is 136 cm³/mol. The highest BCUT2D eigenvalue weighted by molar-refractivity contribution is 7.22. The van der Waals surface area contributed by atoms with E-state index in [0.717, 1.165) is 39.4 Å². The molecule has 4 rings (SSSR count). The van der Waals surface area contributed by atoms with Gasteiger partial charge < -0.3 is 4.90 Å². The molecule has 0 saturated heterocycles. The van der Waals surface area contributed by atoms with Crippen LogP contribution in [0.2, 0.25) is 0 Å². The Labute approximate surface area is 194 Å². The van der Waals surface area contributed by atoms with Gasteiger partial charge >= 0.3 is 0 Å². The first-order valence-electron chi connectivity index (χ1n) is 10.9. The second kappa shape index (κ2) is 9.63. The normalized spacial score (nSPS) is 11.3. The second-order valence-electron chi connectivity index (χ2n) is 8.46. The minimum atomic E-state index is -0.00383. The fraction of sp³-hybridized carbons (Fsp3) is 0.259. The van der Waals surface area contributed by atoms with Gasteiger partial charge in [-0.25, -0.2) is 4.98 Å². The van der Waals surface area contributed by atoms with Gasteiger partial charge in [0.1, 0.15) is 0 Å². The van der Waals surface area contributed by atoms with Gasteiger partial charge in [0.25, 0.3) is 5.91 Å². The van der Waals surface area contributed by atoms with Gasteiger partial charge in [0.15, 0.2) is 5.13 Å². The third kappa shape index (κ3) is 4.90. The fourth-order valence-electron chi connectivity index (χ4n) is 3.70. The molecule has 3 aromatic carbocycles. The zero-order chi connectivity index (χ0) is 22.7. The molecule has 1 aromatic heterocycles. The Hall–Kier alpha value is -3.02. The summed E-state index contributed by atoms with van der Waals surface area (Å²) in [5, 5.41) is 0.765. The Morgan fingerprint density at radius 1 is 0.875 bits per heavy atom. The van der Waals surface area contributed by atoms with E-state index in [0.29, 0.717) is 12.1 Å². The Bertz CT molecular complexity index is 1170. The number of carbonyl (C=O) groups excluding carboxylic acids is 1. The van der Waals surface area contributed by atoms with Gasteiger partial charge in [-0.05, 0) is 87.4 Å². The van der Waals surface area contributed by atoms with Crippen LogP contribution in [-0.4, -0.2) is 43.0 Å². The summed E-state index contributed by atoms with van der Waals surface area (Å²) in [6, 6.07) is 22.4. The first-order valence-corrected chi connectivity index (χ1v) is 11.7. The van der Waals surface area contributed by atoms with Crippen LogP contribution in [0.3, 0.4) is 0 Å². The van der Waals surface area contributed by atoms with Crippen molar-refractivity contribution >= 4 is 32.6 Å². The number of aryl methyl sites for hydroxylation is 2. The highest BCUT2D eigenvalue weighted by atomic mass is 32.1. The molecule has 0 atom stereocenters. The maximum atomic E-state index is 13.6. The number of carbonyl (C=O) groups is 1. The predicted octanol–water partition coefficient (Wildman–Crippen LogP) is 6.18. The lowest BCUT2D eigenvalue weighted by Crippen LogP contribution is -2.33. The molecule has 0 bridgehead atoms. The van der Waals surface area contributed by atoms with E-state index in [2.05, 4.69) is 57.1 Å². The number of fused-ring (bicyclic) bond motifs is 1. The van der Waals surface area contributed by atoms with Crippen LogP contribution in [0.15, 0.2) is 66.7 Å². The highest BCUT2D eigenvalue weighted by Crippen LogP contribution is 2.32. The first kappa shape index (κ1) is 22.2. The van der Waals surface area contributed by atoms with Crippen LogP contribution >= 0.6 is 11.3 Å². The quantitative estimate of drug-likeness (QED) is 0.342. The van der Waals surface area contributed by atoms with Gasteiger partial charge in [-0.15, -0.1) is 0 Å². The Morgan fingerprint density at radius 3 is 2.22 bits per heavy atom. The van der Waals surface area contributed by atoms with Gasteiger partial charge in [0, 0.05) is 12.1 Å². The molecule has 0 fully saturated rings. The van der Waals surface area contributed by atoms with Crippen LogP contribution in [0.5, 0.6) is 0 Å². The third-order valence-corrected chi connectivity index (χ3v) is 6.74. The molecule has 4 nitrogen and oxygen atoms in total. The van der Waals surface area contributed by atoms with E-state index in [1.165, 1.54) is 11.1 Å². The zero-order valence-corrected chi connectivity index (χ0v) is 19.9. The minimum Gasteiger partial charge on any atom is -0.309 e. The summed E-state index contributed by atoms with van der Waals surface area (Å²) in [7, 11) is 4.11. The number of hydrogen-bond donors (Lipinski definition) is 0. The van der Waals surface area contributed by atoms with E-state index >= 15 is 0 Å². The number of hydrogen-bond acceptors (Lipinski definition) is 4. The average molecular weight is 444 g/mol. The Morgan fingerprint density at radius 2 is 1.53 bits per heavy atom. The van der Waals surface area contributed by atoms with Crippen molar-refractivity contribution in [2.45, 2.75) is 20.3 Å². The average Bonchev–Trinajstić information content (AvgIpc) is 3.19. The Balaban J connectivity index is 1.64. The van der Waals surface area contributed by atoms with E-state index in [1.807, 2.05) is 47.4 Å². The number of amides is 1.